The van der Waals surface area contributed by atoms with Crippen molar-refractivity contribution in [3.63, 3.8) is 0 Å². The Morgan fingerprint density at radius 2 is 1.77 bits per heavy atom. The summed E-state index contributed by atoms with van der Waals surface area (Å²) in [6.45, 7) is 2.02. The second-order valence-electron chi connectivity index (χ2n) is 8.44. The molecule has 2 aromatic carbocycles. The van der Waals surface area contributed by atoms with Crippen LogP contribution in [0, 0.1) is 18.8 Å². The van der Waals surface area contributed by atoms with E-state index in [2.05, 4.69) is 5.32 Å². The van der Waals surface area contributed by atoms with Crippen LogP contribution in [0.25, 0.3) is 16.6 Å². The van der Waals surface area contributed by atoms with Gasteiger partial charge in [-0.2, -0.15) is 0 Å². The lowest BCUT2D eigenvalue weighted by molar-refractivity contribution is -0.119. The van der Waals surface area contributed by atoms with Gasteiger partial charge in [0.2, 0.25) is 5.91 Å². The monoisotopic (exact) mass is 419 g/mol. The fraction of sp³-hybridized carbons (Fsp3) is 0.375. The lowest BCUT2D eigenvalue weighted by Gasteiger charge is -2.18. The highest BCUT2D eigenvalue weighted by Crippen LogP contribution is 2.44. The van der Waals surface area contributed by atoms with Gasteiger partial charge in [-0.1, -0.05) is 41.6 Å². The van der Waals surface area contributed by atoms with Crippen LogP contribution in [0.1, 0.15) is 31.2 Å². The van der Waals surface area contributed by atoms with Gasteiger partial charge in [-0.3, -0.25) is 14.2 Å². The Kier molecular flexibility index (Phi) is 5.11. The zero-order valence-corrected chi connectivity index (χ0v) is 17.8. The largest absolute Gasteiger partial charge is 0.352 e. The molecule has 0 saturated heterocycles. The molecule has 1 amide bonds. The van der Waals surface area contributed by atoms with Crippen molar-refractivity contribution in [1.82, 2.24) is 14.9 Å². The second-order valence-corrected chi connectivity index (χ2v) is 9.39. The van der Waals surface area contributed by atoms with Crippen LogP contribution in [-0.4, -0.2) is 27.3 Å². The molecule has 1 N–H and O–H groups in total. The SMILES string of the molecule is Cc1ccc(-n2c(SCC(=O)NC(C3CC3)C3CC3)nc3ccccc3c2=O)cc1. The van der Waals surface area contributed by atoms with E-state index < -0.39 is 0 Å². The third kappa shape index (κ3) is 4.01. The van der Waals surface area contributed by atoms with E-state index in [0.29, 0.717) is 33.9 Å². The summed E-state index contributed by atoms with van der Waals surface area (Å²) in [6, 6.07) is 15.5. The van der Waals surface area contributed by atoms with Crippen LogP contribution in [0.15, 0.2) is 58.5 Å². The maximum absolute atomic E-state index is 13.3. The van der Waals surface area contributed by atoms with Crippen molar-refractivity contribution in [2.75, 3.05) is 5.75 Å². The first-order valence-electron chi connectivity index (χ1n) is 10.6. The predicted octanol–water partition coefficient (Wildman–Crippen LogP) is 4.09. The zero-order valence-electron chi connectivity index (χ0n) is 17.0. The van der Waals surface area contributed by atoms with E-state index in [1.54, 1.807) is 10.6 Å². The summed E-state index contributed by atoms with van der Waals surface area (Å²) in [5.41, 5.74) is 2.43. The topological polar surface area (TPSA) is 64.0 Å². The molecule has 1 aromatic heterocycles. The molecular formula is C24H25N3O2S. The van der Waals surface area contributed by atoms with E-state index >= 15 is 0 Å². The van der Waals surface area contributed by atoms with Crippen molar-refractivity contribution in [1.29, 1.82) is 0 Å². The Bertz CT molecular complexity index is 1140. The highest BCUT2D eigenvalue weighted by molar-refractivity contribution is 7.99. The molecule has 3 aromatic rings. The Morgan fingerprint density at radius 3 is 2.43 bits per heavy atom. The Labute approximate surface area is 179 Å². The molecule has 2 aliphatic carbocycles. The first kappa shape index (κ1) is 19.4. The van der Waals surface area contributed by atoms with E-state index in [1.165, 1.54) is 37.4 Å². The van der Waals surface area contributed by atoms with E-state index in [9.17, 15) is 9.59 Å². The lowest BCUT2D eigenvalue weighted by Crippen LogP contribution is -2.39. The predicted molar refractivity (Wildman–Crippen MR) is 120 cm³/mol. The number of hydrogen-bond acceptors (Lipinski definition) is 4. The fourth-order valence-electron chi connectivity index (χ4n) is 4.02. The lowest BCUT2D eigenvalue weighted by atomic mass is 10.1. The van der Waals surface area contributed by atoms with E-state index in [1.807, 2.05) is 49.4 Å². The van der Waals surface area contributed by atoms with Crippen LogP contribution < -0.4 is 10.9 Å². The molecular weight excluding hydrogens is 394 g/mol. The van der Waals surface area contributed by atoms with Gasteiger partial charge < -0.3 is 5.32 Å². The number of hydrogen-bond donors (Lipinski definition) is 1. The first-order valence-corrected chi connectivity index (χ1v) is 11.6. The number of amides is 1. The average Bonchev–Trinajstić information content (AvgIpc) is 3.65. The zero-order chi connectivity index (χ0) is 20.7. The number of carbonyl (C=O) groups excluding carboxylic acids is 1. The van der Waals surface area contributed by atoms with E-state index in [-0.39, 0.29) is 17.2 Å². The second kappa shape index (κ2) is 7.91. The molecule has 2 aliphatic rings. The fourth-order valence-corrected chi connectivity index (χ4v) is 4.84. The molecule has 5 rings (SSSR count). The van der Waals surface area contributed by atoms with Crippen molar-refractivity contribution in [3.05, 3.63) is 64.4 Å². The summed E-state index contributed by atoms with van der Waals surface area (Å²) < 4.78 is 1.62. The molecule has 0 atom stereocenters. The maximum Gasteiger partial charge on any atom is 0.266 e. The molecule has 0 unspecified atom stereocenters. The molecule has 2 saturated carbocycles. The van der Waals surface area contributed by atoms with Crippen LogP contribution in [-0.2, 0) is 4.79 Å². The highest BCUT2D eigenvalue weighted by Gasteiger charge is 2.42. The van der Waals surface area contributed by atoms with Gasteiger partial charge in [0.15, 0.2) is 5.16 Å². The number of aryl methyl sites for hydroxylation is 1. The average molecular weight is 420 g/mol. The summed E-state index contributed by atoms with van der Waals surface area (Å²) in [7, 11) is 0. The number of thioether (sulfide) groups is 1. The molecule has 0 aliphatic heterocycles. The summed E-state index contributed by atoms with van der Waals surface area (Å²) in [6.07, 6.45) is 4.92. The summed E-state index contributed by atoms with van der Waals surface area (Å²) in [4.78, 5) is 30.7. The van der Waals surface area contributed by atoms with Gasteiger partial charge in [0.25, 0.3) is 5.56 Å². The van der Waals surface area contributed by atoms with Gasteiger partial charge in [-0.25, -0.2) is 4.98 Å². The van der Waals surface area contributed by atoms with Gasteiger partial charge >= 0.3 is 0 Å². The molecule has 30 heavy (non-hydrogen) atoms. The Balaban J connectivity index is 1.43. The molecule has 0 spiro atoms. The molecule has 0 bridgehead atoms. The van der Waals surface area contributed by atoms with Gasteiger partial charge in [0.05, 0.1) is 22.3 Å². The molecule has 5 nitrogen and oxygen atoms in total. The standard InChI is InChI=1S/C24H25N3O2S/c1-15-6-12-18(13-7-15)27-23(29)19-4-2-3-5-20(19)25-24(27)30-14-21(28)26-22(16-8-9-16)17-10-11-17/h2-7,12-13,16-17,22H,8-11,14H2,1H3,(H,26,28). The summed E-state index contributed by atoms with van der Waals surface area (Å²) in [5.74, 6) is 1.61. The highest BCUT2D eigenvalue weighted by atomic mass is 32.2. The minimum atomic E-state index is -0.110. The van der Waals surface area contributed by atoms with Crippen molar-refractivity contribution in [2.45, 2.75) is 43.8 Å². The Morgan fingerprint density at radius 1 is 1.10 bits per heavy atom. The normalized spacial score (nSPS) is 16.2. The van der Waals surface area contributed by atoms with Gasteiger partial charge in [0, 0.05) is 6.04 Å². The summed E-state index contributed by atoms with van der Waals surface area (Å²) >= 11 is 1.33. The van der Waals surface area contributed by atoms with Crippen molar-refractivity contribution in [2.24, 2.45) is 11.8 Å². The smallest absolute Gasteiger partial charge is 0.266 e. The van der Waals surface area contributed by atoms with Crippen molar-refractivity contribution >= 4 is 28.6 Å². The Hall–Kier alpha value is -2.60. The van der Waals surface area contributed by atoms with E-state index in [0.717, 1.165) is 11.3 Å². The first-order chi connectivity index (χ1) is 14.6. The van der Waals surface area contributed by atoms with Crippen LogP contribution in [0.4, 0.5) is 0 Å². The number of benzene rings is 2. The van der Waals surface area contributed by atoms with Crippen LogP contribution in [0.2, 0.25) is 0 Å². The number of fused-ring (bicyclic) bond motifs is 1. The van der Waals surface area contributed by atoms with Crippen molar-refractivity contribution < 1.29 is 4.79 Å². The number of rotatable bonds is 7. The molecule has 154 valence electrons. The number of aromatic nitrogens is 2. The molecule has 0 radical (unpaired) electrons. The minimum Gasteiger partial charge on any atom is -0.352 e. The van der Waals surface area contributed by atoms with Crippen LogP contribution in [0.3, 0.4) is 0 Å². The van der Waals surface area contributed by atoms with Crippen LogP contribution >= 0.6 is 11.8 Å². The molecule has 2 fully saturated rings. The third-order valence-electron chi connectivity index (χ3n) is 5.96. The summed E-state index contributed by atoms with van der Waals surface area (Å²) in [5, 5.41) is 4.38. The number of nitrogens with zero attached hydrogens (tertiary/aromatic N) is 2. The van der Waals surface area contributed by atoms with E-state index in [4.69, 9.17) is 4.98 Å². The van der Waals surface area contributed by atoms with Gasteiger partial charge in [0.1, 0.15) is 0 Å². The number of para-hydroxylation sites is 1. The molecule has 1 heterocycles. The third-order valence-corrected chi connectivity index (χ3v) is 6.90. The molecule has 6 heteroatoms. The quantitative estimate of drug-likeness (QED) is 0.463. The van der Waals surface area contributed by atoms with Crippen LogP contribution in [0.5, 0.6) is 0 Å². The van der Waals surface area contributed by atoms with Crippen molar-refractivity contribution in [3.8, 4) is 5.69 Å². The minimum absolute atomic E-state index is 0.0293. The van der Waals surface area contributed by atoms with Gasteiger partial charge in [-0.15, -0.1) is 0 Å². The number of nitrogens with one attached hydrogen (secondary N) is 1. The van der Waals surface area contributed by atoms with Gasteiger partial charge in [-0.05, 0) is 68.7 Å². The maximum atomic E-state index is 13.3. The number of carbonyl (C=O) groups is 1.